The molecule has 1 spiro atoms. The first-order valence-corrected chi connectivity index (χ1v) is 6.86. The Labute approximate surface area is 88.5 Å². The average molecular weight is 192 g/mol. The van der Waals surface area contributed by atoms with E-state index in [-0.39, 0.29) is 0 Å². The summed E-state index contributed by atoms with van der Waals surface area (Å²) in [7, 11) is 0. The Kier molecular flexibility index (Phi) is 2.34. The lowest BCUT2D eigenvalue weighted by Gasteiger charge is -2.58. The third-order valence-electron chi connectivity index (χ3n) is 5.11. The van der Waals surface area contributed by atoms with Gasteiger partial charge >= 0.3 is 0 Å². The second kappa shape index (κ2) is 3.54. The lowest BCUT2D eigenvalue weighted by molar-refractivity contribution is -0.0747. The van der Waals surface area contributed by atoms with E-state index in [4.69, 9.17) is 0 Å². The third-order valence-corrected chi connectivity index (χ3v) is 5.11. The van der Waals surface area contributed by atoms with E-state index in [9.17, 15) is 0 Å². The van der Waals surface area contributed by atoms with Crippen LogP contribution in [0.25, 0.3) is 0 Å². The highest BCUT2D eigenvalue weighted by molar-refractivity contribution is 5.02. The molecule has 0 saturated heterocycles. The Morgan fingerprint density at radius 1 is 0.571 bits per heavy atom. The minimum absolute atomic E-state index is 0.911. The molecule has 0 aromatic rings. The summed E-state index contributed by atoms with van der Waals surface area (Å²) >= 11 is 0. The molecule has 5 fully saturated rings. The highest BCUT2D eigenvalue weighted by Gasteiger charge is 2.51. The molecule has 0 aromatic carbocycles. The fourth-order valence-corrected chi connectivity index (χ4v) is 4.47. The molecule has 5 saturated carbocycles. The van der Waals surface area contributed by atoms with E-state index >= 15 is 0 Å². The average Bonchev–Trinajstić information content (AvgIpc) is 1.98. The lowest BCUT2D eigenvalue weighted by atomic mass is 9.47. The van der Waals surface area contributed by atoms with Crippen LogP contribution in [0.15, 0.2) is 0 Å². The van der Waals surface area contributed by atoms with E-state index in [1.807, 2.05) is 0 Å². The molecule has 0 unspecified atom stereocenters. The summed E-state index contributed by atoms with van der Waals surface area (Å²) in [5, 5.41) is 0. The van der Waals surface area contributed by atoms with Crippen molar-refractivity contribution in [2.75, 3.05) is 0 Å². The molecule has 0 N–H and O–H groups in total. The Balaban J connectivity index is 1.54. The molecule has 80 valence electrons. The van der Waals surface area contributed by atoms with Gasteiger partial charge in [0.1, 0.15) is 0 Å². The van der Waals surface area contributed by atoms with Crippen LogP contribution in [0.5, 0.6) is 0 Å². The molecule has 0 aromatic heterocycles. The molecule has 0 atom stereocenters. The summed E-state index contributed by atoms with van der Waals surface area (Å²) < 4.78 is 0. The van der Waals surface area contributed by atoms with Crippen molar-refractivity contribution in [2.24, 2.45) is 17.3 Å². The number of rotatable bonds is 0. The Morgan fingerprint density at radius 3 is 1.50 bits per heavy atom. The van der Waals surface area contributed by atoms with Crippen molar-refractivity contribution in [3.05, 3.63) is 0 Å². The molecule has 14 heavy (non-hydrogen) atoms. The first kappa shape index (κ1) is 9.24. The van der Waals surface area contributed by atoms with Crippen LogP contribution in [0.4, 0.5) is 0 Å². The van der Waals surface area contributed by atoms with Crippen LogP contribution in [0.1, 0.15) is 70.6 Å². The van der Waals surface area contributed by atoms with Gasteiger partial charge in [0.15, 0.2) is 0 Å². The van der Waals surface area contributed by atoms with E-state index in [1.54, 1.807) is 38.5 Å². The van der Waals surface area contributed by atoms with Gasteiger partial charge in [-0.05, 0) is 42.9 Å². The zero-order valence-corrected chi connectivity index (χ0v) is 9.43. The van der Waals surface area contributed by atoms with Crippen LogP contribution >= 0.6 is 0 Å². The molecule has 5 aliphatic rings. The molecule has 5 aliphatic carbocycles. The Morgan fingerprint density at radius 2 is 1.00 bits per heavy atom. The summed E-state index contributed by atoms with van der Waals surface area (Å²) in [5.41, 5.74) is 0.911. The summed E-state index contributed by atoms with van der Waals surface area (Å²) in [6.45, 7) is 0. The molecule has 0 aliphatic heterocycles. The maximum absolute atomic E-state index is 1.61. The van der Waals surface area contributed by atoms with Crippen molar-refractivity contribution in [1.29, 1.82) is 0 Å². The number of hydrogen-bond donors (Lipinski definition) is 0. The van der Waals surface area contributed by atoms with Gasteiger partial charge in [-0.2, -0.15) is 0 Å². The molecule has 3 bridgehead atoms. The molecule has 0 radical (unpaired) electrons. The molecule has 0 nitrogen and oxygen atoms in total. The van der Waals surface area contributed by atoms with Gasteiger partial charge in [-0.1, -0.05) is 44.9 Å². The van der Waals surface area contributed by atoms with Gasteiger partial charge in [-0.15, -0.1) is 0 Å². The summed E-state index contributed by atoms with van der Waals surface area (Å²) in [6, 6.07) is 0. The van der Waals surface area contributed by atoms with Gasteiger partial charge in [0.2, 0.25) is 0 Å². The third kappa shape index (κ3) is 1.61. The normalized spacial score (nSPS) is 48.0. The fraction of sp³-hybridized carbons (Fsp3) is 1.00. The van der Waals surface area contributed by atoms with Gasteiger partial charge < -0.3 is 0 Å². The fourth-order valence-electron chi connectivity index (χ4n) is 4.47. The predicted octanol–water partition coefficient (Wildman–Crippen LogP) is 4.54. The van der Waals surface area contributed by atoms with E-state index in [2.05, 4.69) is 0 Å². The topological polar surface area (TPSA) is 0 Å². The van der Waals surface area contributed by atoms with Crippen molar-refractivity contribution in [2.45, 2.75) is 70.6 Å². The SMILES string of the molecule is C1CCCC2CC3(C2)CC(CCC1)C3. The number of hydrogen-bond acceptors (Lipinski definition) is 0. The lowest BCUT2D eigenvalue weighted by Crippen LogP contribution is -2.47. The van der Waals surface area contributed by atoms with Crippen molar-refractivity contribution in [3.8, 4) is 0 Å². The van der Waals surface area contributed by atoms with Crippen molar-refractivity contribution in [1.82, 2.24) is 0 Å². The minimum atomic E-state index is 0.911. The van der Waals surface area contributed by atoms with Gasteiger partial charge in [0.25, 0.3) is 0 Å². The first-order chi connectivity index (χ1) is 6.86. The van der Waals surface area contributed by atoms with Crippen molar-refractivity contribution >= 4 is 0 Å². The quantitative estimate of drug-likeness (QED) is 0.528. The van der Waals surface area contributed by atoms with E-state index in [0.29, 0.717) is 0 Å². The van der Waals surface area contributed by atoms with Crippen LogP contribution in [0.2, 0.25) is 0 Å². The molecule has 5 rings (SSSR count). The van der Waals surface area contributed by atoms with E-state index in [1.165, 1.54) is 32.1 Å². The maximum atomic E-state index is 1.61. The highest BCUT2D eigenvalue weighted by atomic mass is 14.6. The van der Waals surface area contributed by atoms with Crippen LogP contribution < -0.4 is 0 Å². The smallest absolute Gasteiger partial charge is 0.0287 e. The summed E-state index contributed by atoms with van der Waals surface area (Å²) in [6.07, 6.45) is 17.2. The minimum Gasteiger partial charge on any atom is -0.0533 e. The Hall–Kier alpha value is 0. The highest BCUT2D eigenvalue weighted by Crippen LogP contribution is 2.63. The molecule has 0 heterocycles. The summed E-state index contributed by atoms with van der Waals surface area (Å²) in [5.74, 6) is 2.30. The van der Waals surface area contributed by atoms with Crippen LogP contribution in [-0.2, 0) is 0 Å². The largest absolute Gasteiger partial charge is 0.0533 e. The van der Waals surface area contributed by atoms with Crippen LogP contribution in [0, 0.1) is 17.3 Å². The first-order valence-electron chi connectivity index (χ1n) is 6.86. The van der Waals surface area contributed by atoms with Crippen molar-refractivity contribution < 1.29 is 0 Å². The molecule has 0 amide bonds. The van der Waals surface area contributed by atoms with Crippen molar-refractivity contribution in [3.63, 3.8) is 0 Å². The molecular weight excluding hydrogens is 168 g/mol. The monoisotopic (exact) mass is 192 g/mol. The van der Waals surface area contributed by atoms with Gasteiger partial charge in [0, 0.05) is 0 Å². The predicted molar refractivity (Wildman–Crippen MR) is 60.2 cm³/mol. The molecule has 0 heteroatoms. The van der Waals surface area contributed by atoms with Crippen LogP contribution in [-0.4, -0.2) is 0 Å². The second-order valence-electron chi connectivity index (χ2n) is 6.39. The van der Waals surface area contributed by atoms with Gasteiger partial charge in [0.05, 0.1) is 0 Å². The molecular formula is C14H24. The van der Waals surface area contributed by atoms with Gasteiger partial charge in [-0.3, -0.25) is 0 Å². The van der Waals surface area contributed by atoms with Gasteiger partial charge in [-0.25, -0.2) is 0 Å². The summed E-state index contributed by atoms with van der Waals surface area (Å²) in [4.78, 5) is 0. The standard InChI is InChI=1S/C14H24/c1-2-4-6-12-8-14(9-12)10-13(11-14)7-5-3-1/h12-13H,1-11H2. The van der Waals surface area contributed by atoms with E-state index in [0.717, 1.165) is 17.3 Å². The van der Waals surface area contributed by atoms with E-state index < -0.39 is 0 Å². The zero-order chi connectivity index (χ0) is 9.43. The van der Waals surface area contributed by atoms with Crippen LogP contribution in [0.3, 0.4) is 0 Å². The zero-order valence-electron chi connectivity index (χ0n) is 9.43. The second-order valence-corrected chi connectivity index (χ2v) is 6.39. The maximum Gasteiger partial charge on any atom is -0.0287 e. The Bertz CT molecular complexity index is 169.